The molecular weight excluding hydrogens is 1010 g/mol. The summed E-state index contributed by atoms with van der Waals surface area (Å²) in [4.78, 5) is 38.4. The Hall–Kier alpha value is -4.45. The van der Waals surface area contributed by atoms with Gasteiger partial charge >= 0.3 is 17.9 Å². The van der Waals surface area contributed by atoms with Crippen molar-refractivity contribution in [3.8, 4) is 0 Å². The maximum Gasteiger partial charge on any atom is 0.306 e. The fourth-order valence-electron chi connectivity index (χ4n) is 9.38. The van der Waals surface area contributed by atoms with Crippen molar-refractivity contribution >= 4 is 17.9 Å². The van der Waals surface area contributed by atoms with Gasteiger partial charge in [0, 0.05) is 19.3 Å². The van der Waals surface area contributed by atoms with Gasteiger partial charge in [0.25, 0.3) is 0 Å². The molecule has 0 aromatic rings. The number of carbonyl (C=O) groups is 3. The Balaban J connectivity index is 4.48. The monoisotopic (exact) mass is 1130 g/mol. The molecule has 0 saturated carbocycles. The van der Waals surface area contributed by atoms with Crippen molar-refractivity contribution in [2.45, 2.75) is 316 Å². The fraction of sp³-hybridized carbons (Fsp3) is 0.671. The third-order valence-corrected chi connectivity index (χ3v) is 14.4. The Labute approximate surface area is 506 Å². The number of carbonyl (C=O) groups excluding carboxylic acids is 3. The molecule has 6 nitrogen and oxygen atoms in total. The van der Waals surface area contributed by atoms with Crippen molar-refractivity contribution in [3.63, 3.8) is 0 Å². The minimum Gasteiger partial charge on any atom is -0.462 e. The summed E-state index contributed by atoms with van der Waals surface area (Å²) in [6, 6.07) is 0. The minimum atomic E-state index is -0.825. The van der Waals surface area contributed by atoms with Gasteiger partial charge in [-0.15, -0.1) is 0 Å². The second-order valence-corrected chi connectivity index (χ2v) is 22.3. The average Bonchev–Trinajstić information content (AvgIpc) is 3.47. The first-order valence-electron chi connectivity index (χ1n) is 34.2. The zero-order valence-electron chi connectivity index (χ0n) is 53.5. The number of rotatable bonds is 61. The maximum absolute atomic E-state index is 12.9. The molecule has 0 radical (unpaired) electrons. The number of unbranched alkanes of at least 4 members (excludes halogenated alkanes) is 28. The molecule has 1 atom stereocenters. The second kappa shape index (κ2) is 69.0. The van der Waals surface area contributed by atoms with Crippen LogP contribution in [0.15, 0.2) is 134 Å². The molecule has 1 unspecified atom stereocenters. The molecule has 0 amide bonds. The van der Waals surface area contributed by atoms with Gasteiger partial charge in [0.2, 0.25) is 0 Å². The molecule has 0 aromatic heterocycles. The summed E-state index contributed by atoms with van der Waals surface area (Å²) >= 11 is 0. The standard InChI is InChI=1S/C76H126O6/c1-4-7-10-13-16-19-22-25-28-31-34-36-37-38-40-42-45-48-51-54-57-60-63-66-69-75(78)81-72-73(71-80-74(77)68-65-62-59-56-53-50-47-44-41-33-30-27-24-21-18-15-12-9-6-3)82-76(79)70-67-64-61-58-55-52-49-46-43-39-35-32-29-26-23-20-17-14-11-8-5-2/h8-9,11-12,17-18,20-21,26-27,29-30,35,39,41,44,46,49-50,53,59,62,73H,4-7,10,13-16,19,22-25,28,31-34,36-38,40,42-43,45,47-48,51-52,54-58,60-61,63-72H2,1-3H3/b11-8-,12-9-,20-17-,21-18-,29-26-,30-27-,39-35-,44-41-,49-46-,53-50-,62-59-. The predicted molar refractivity (Wildman–Crippen MR) is 357 cm³/mol. The van der Waals surface area contributed by atoms with Crippen LogP contribution < -0.4 is 0 Å². The lowest BCUT2D eigenvalue weighted by Gasteiger charge is -2.18. The minimum absolute atomic E-state index is 0.111. The van der Waals surface area contributed by atoms with E-state index in [2.05, 4.69) is 148 Å². The van der Waals surface area contributed by atoms with Crippen molar-refractivity contribution in [2.75, 3.05) is 13.2 Å². The molecule has 82 heavy (non-hydrogen) atoms. The Kier molecular flexibility index (Phi) is 65.3. The van der Waals surface area contributed by atoms with Crippen LogP contribution in [0.4, 0.5) is 0 Å². The summed E-state index contributed by atoms with van der Waals surface area (Å²) in [6.45, 7) is 6.36. The first-order valence-corrected chi connectivity index (χ1v) is 34.2. The van der Waals surface area contributed by atoms with Gasteiger partial charge in [-0.3, -0.25) is 14.4 Å². The van der Waals surface area contributed by atoms with Crippen LogP contribution in [-0.2, 0) is 28.6 Å². The highest BCUT2D eigenvalue weighted by atomic mass is 16.6. The van der Waals surface area contributed by atoms with Gasteiger partial charge in [-0.25, -0.2) is 0 Å². The Morgan fingerprint density at radius 3 is 0.817 bits per heavy atom. The summed E-state index contributed by atoms with van der Waals surface area (Å²) in [7, 11) is 0. The lowest BCUT2D eigenvalue weighted by atomic mass is 10.0. The summed E-state index contributed by atoms with van der Waals surface area (Å²) in [5, 5.41) is 0. The predicted octanol–water partition coefficient (Wildman–Crippen LogP) is 23.7. The lowest BCUT2D eigenvalue weighted by molar-refractivity contribution is -0.166. The molecule has 0 aliphatic heterocycles. The number of allylic oxidation sites excluding steroid dienone is 22. The van der Waals surface area contributed by atoms with Gasteiger partial charge in [0.1, 0.15) is 13.2 Å². The van der Waals surface area contributed by atoms with Gasteiger partial charge in [0.05, 0.1) is 0 Å². The molecule has 0 heterocycles. The lowest BCUT2D eigenvalue weighted by Crippen LogP contribution is -2.30. The smallest absolute Gasteiger partial charge is 0.306 e. The van der Waals surface area contributed by atoms with E-state index in [1.807, 2.05) is 6.08 Å². The average molecular weight is 1140 g/mol. The van der Waals surface area contributed by atoms with Gasteiger partial charge in [-0.1, -0.05) is 321 Å². The van der Waals surface area contributed by atoms with E-state index in [4.69, 9.17) is 14.2 Å². The number of esters is 3. The molecule has 0 fully saturated rings. The third-order valence-electron chi connectivity index (χ3n) is 14.4. The molecule has 0 N–H and O–H groups in total. The quantitative estimate of drug-likeness (QED) is 0.0261. The van der Waals surface area contributed by atoms with Crippen molar-refractivity contribution < 1.29 is 28.6 Å². The maximum atomic E-state index is 12.9. The molecule has 0 aliphatic rings. The molecule has 466 valence electrons. The Bertz CT molecular complexity index is 1730. The van der Waals surface area contributed by atoms with E-state index in [9.17, 15) is 14.4 Å². The Morgan fingerprint density at radius 2 is 0.500 bits per heavy atom. The zero-order valence-corrected chi connectivity index (χ0v) is 53.5. The van der Waals surface area contributed by atoms with Gasteiger partial charge in [-0.05, 0) is 103 Å². The highest BCUT2D eigenvalue weighted by molar-refractivity contribution is 5.71. The molecule has 6 heteroatoms. The van der Waals surface area contributed by atoms with Crippen LogP contribution in [0.2, 0.25) is 0 Å². The van der Waals surface area contributed by atoms with Crippen LogP contribution in [0.1, 0.15) is 310 Å². The van der Waals surface area contributed by atoms with Crippen LogP contribution in [-0.4, -0.2) is 37.2 Å². The number of hydrogen-bond donors (Lipinski definition) is 0. The van der Waals surface area contributed by atoms with E-state index in [0.717, 1.165) is 128 Å². The highest BCUT2D eigenvalue weighted by Crippen LogP contribution is 2.17. The van der Waals surface area contributed by atoms with Crippen LogP contribution in [0.3, 0.4) is 0 Å². The number of hydrogen-bond acceptors (Lipinski definition) is 6. The first-order chi connectivity index (χ1) is 40.5. The van der Waals surface area contributed by atoms with E-state index in [1.54, 1.807) is 0 Å². The zero-order chi connectivity index (χ0) is 59.2. The number of ether oxygens (including phenoxy) is 3. The van der Waals surface area contributed by atoms with Crippen LogP contribution in [0.5, 0.6) is 0 Å². The first kappa shape index (κ1) is 77.5. The third kappa shape index (κ3) is 66.4. The van der Waals surface area contributed by atoms with Crippen LogP contribution in [0.25, 0.3) is 0 Å². The largest absolute Gasteiger partial charge is 0.462 e. The van der Waals surface area contributed by atoms with Crippen molar-refractivity contribution in [3.05, 3.63) is 134 Å². The second-order valence-electron chi connectivity index (χ2n) is 22.3. The molecule has 0 spiro atoms. The molecule has 0 aromatic carbocycles. The molecular formula is C76H126O6. The summed E-state index contributed by atoms with van der Waals surface area (Å²) in [5.74, 6) is -1.01. The van der Waals surface area contributed by atoms with Gasteiger partial charge < -0.3 is 14.2 Å². The summed E-state index contributed by atoms with van der Waals surface area (Å²) in [6.07, 6.45) is 97.7. The van der Waals surface area contributed by atoms with Crippen molar-refractivity contribution in [1.29, 1.82) is 0 Å². The summed E-state index contributed by atoms with van der Waals surface area (Å²) in [5.41, 5.74) is 0. The van der Waals surface area contributed by atoms with Crippen LogP contribution >= 0.6 is 0 Å². The fourth-order valence-corrected chi connectivity index (χ4v) is 9.38. The SMILES string of the molecule is CC/C=C\C/C=C\C/C=C\C/C=C\C/C=C\C/C=C\CCC(=O)OCC(COC(=O)CCCCCCCCCCCCCCCCCCCCCCCCCC)OC(=O)CCCCCCC/C=C\C/C=C\C/C=C\C/C=C\C/C=C\CC. The molecule has 0 bridgehead atoms. The molecule has 0 rings (SSSR count). The topological polar surface area (TPSA) is 78.9 Å². The van der Waals surface area contributed by atoms with E-state index in [-0.39, 0.29) is 44.0 Å². The van der Waals surface area contributed by atoms with Gasteiger partial charge in [-0.2, -0.15) is 0 Å². The molecule has 0 saturated heterocycles. The summed E-state index contributed by atoms with van der Waals surface area (Å²) < 4.78 is 16.9. The van der Waals surface area contributed by atoms with E-state index < -0.39 is 6.10 Å². The Morgan fingerprint density at radius 1 is 0.256 bits per heavy atom. The highest BCUT2D eigenvalue weighted by Gasteiger charge is 2.19. The van der Waals surface area contributed by atoms with Gasteiger partial charge in [0.15, 0.2) is 6.10 Å². The van der Waals surface area contributed by atoms with E-state index in [1.165, 1.54) is 135 Å². The van der Waals surface area contributed by atoms with Crippen LogP contribution in [0, 0.1) is 0 Å². The van der Waals surface area contributed by atoms with E-state index in [0.29, 0.717) is 12.8 Å². The molecule has 0 aliphatic carbocycles. The van der Waals surface area contributed by atoms with E-state index >= 15 is 0 Å². The van der Waals surface area contributed by atoms with Crippen molar-refractivity contribution in [2.24, 2.45) is 0 Å². The normalized spacial score (nSPS) is 13.0. The van der Waals surface area contributed by atoms with Crippen molar-refractivity contribution in [1.82, 2.24) is 0 Å².